The van der Waals surface area contributed by atoms with E-state index in [0.29, 0.717) is 25.3 Å². The maximum atomic E-state index is 11.8. The van der Waals surface area contributed by atoms with E-state index < -0.39 is 5.97 Å². The molecule has 102 valence electrons. The van der Waals surface area contributed by atoms with Crippen LogP contribution in [0.15, 0.2) is 0 Å². The Morgan fingerprint density at radius 2 is 1.94 bits per heavy atom. The quantitative estimate of drug-likeness (QED) is 0.838. The highest BCUT2D eigenvalue weighted by molar-refractivity contribution is 5.80. The van der Waals surface area contributed by atoms with Crippen molar-refractivity contribution in [1.29, 1.82) is 0 Å². The molecule has 1 amide bonds. The average molecular weight is 253 g/mol. The molecule has 18 heavy (non-hydrogen) atoms. The smallest absolute Gasteiger partial charge is 0.308 e. The van der Waals surface area contributed by atoms with Gasteiger partial charge in [0.1, 0.15) is 0 Å². The Bertz CT molecular complexity index is 321. The first kappa shape index (κ1) is 13.4. The van der Waals surface area contributed by atoms with Crippen molar-refractivity contribution in [3.05, 3.63) is 0 Å². The molecule has 1 saturated heterocycles. The van der Waals surface area contributed by atoms with E-state index in [2.05, 4.69) is 6.92 Å². The van der Waals surface area contributed by atoms with Crippen LogP contribution in [0, 0.1) is 17.8 Å². The van der Waals surface area contributed by atoms with Crippen molar-refractivity contribution >= 4 is 11.9 Å². The molecule has 0 aromatic heterocycles. The van der Waals surface area contributed by atoms with Crippen LogP contribution in [-0.2, 0) is 9.59 Å². The molecule has 1 aliphatic carbocycles. The zero-order chi connectivity index (χ0) is 13.1. The van der Waals surface area contributed by atoms with Crippen molar-refractivity contribution in [2.75, 3.05) is 13.1 Å². The maximum Gasteiger partial charge on any atom is 0.308 e. The van der Waals surface area contributed by atoms with Crippen molar-refractivity contribution in [1.82, 2.24) is 4.90 Å². The van der Waals surface area contributed by atoms with Gasteiger partial charge in [-0.1, -0.05) is 19.8 Å². The summed E-state index contributed by atoms with van der Waals surface area (Å²) in [7, 11) is 0. The molecule has 0 radical (unpaired) electrons. The lowest BCUT2D eigenvalue weighted by Gasteiger charge is -2.35. The Morgan fingerprint density at radius 3 is 2.56 bits per heavy atom. The number of hydrogen-bond acceptors (Lipinski definition) is 2. The molecule has 2 rings (SSSR count). The fourth-order valence-corrected chi connectivity index (χ4v) is 3.12. The number of carboxylic acids is 1. The molecule has 1 heterocycles. The Hall–Kier alpha value is -1.06. The van der Waals surface area contributed by atoms with Gasteiger partial charge in [-0.15, -0.1) is 0 Å². The zero-order valence-electron chi connectivity index (χ0n) is 11.1. The van der Waals surface area contributed by atoms with Crippen molar-refractivity contribution < 1.29 is 14.7 Å². The third-order valence-corrected chi connectivity index (χ3v) is 4.46. The number of carbonyl (C=O) groups excluding carboxylic acids is 1. The minimum atomic E-state index is -0.759. The van der Waals surface area contributed by atoms with Crippen molar-refractivity contribution in [2.24, 2.45) is 17.8 Å². The van der Waals surface area contributed by atoms with Gasteiger partial charge < -0.3 is 10.0 Å². The molecule has 1 atom stereocenters. The summed E-state index contributed by atoms with van der Waals surface area (Å²) < 4.78 is 0. The van der Waals surface area contributed by atoms with Crippen LogP contribution in [0.4, 0.5) is 0 Å². The highest BCUT2D eigenvalue weighted by atomic mass is 16.4. The number of nitrogens with zero attached hydrogens (tertiary/aromatic N) is 1. The van der Waals surface area contributed by atoms with E-state index in [9.17, 15) is 9.59 Å². The summed E-state index contributed by atoms with van der Waals surface area (Å²) in [5.41, 5.74) is 0. The van der Waals surface area contributed by atoms with Gasteiger partial charge in [-0.05, 0) is 31.1 Å². The second-order valence-corrected chi connectivity index (χ2v) is 6.00. The molecule has 2 aliphatic rings. The third kappa shape index (κ3) is 3.24. The molecule has 0 bridgehead atoms. The number of likely N-dealkylation sites (tertiary alicyclic amines) is 1. The molecule has 4 nitrogen and oxygen atoms in total. The summed E-state index contributed by atoms with van der Waals surface area (Å²) in [6.07, 6.45) is 5.77. The molecule has 1 saturated carbocycles. The van der Waals surface area contributed by atoms with Crippen LogP contribution in [0.5, 0.6) is 0 Å². The predicted molar refractivity (Wildman–Crippen MR) is 68.1 cm³/mol. The van der Waals surface area contributed by atoms with Crippen LogP contribution < -0.4 is 0 Å². The van der Waals surface area contributed by atoms with Crippen LogP contribution in [-0.4, -0.2) is 35.0 Å². The van der Waals surface area contributed by atoms with Crippen molar-refractivity contribution in [2.45, 2.75) is 45.4 Å². The van der Waals surface area contributed by atoms with Gasteiger partial charge in [0.15, 0.2) is 0 Å². The highest BCUT2D eigenvalue weighted by Crippen LogP contribution is 2.30. The number of hydrogen-bond donors (Lipinski definition) is 1. The Kier molecular flexibility index (Phi) is 4.25. The van der Waals surface area contributed by atoms with Gasteiger partial charge in [0.2, 0.25) is 5.91 Å². The normalized spacial score (nSPS) is 33.5. The first-order chi connectivity index (χ1) is 8.56. The summed E-state index contributed by atoms with van der Waals surface area (Å²) in [6, 6.07) is 0. The second-order valence-electron chi connectivity index (χ2n) is 6.00. The molecule has 0 aromatic rings. The van der Waals surface area contributed by atoms with E-state index in [0.717, 1.165) is 12.5 Å². The molecule has 1 N–H and O–H groups in total. The Labute approximate surface area is 108 Å². The van der Waals surface area contributed by atoms with E-state index in [-0.39, 0.29) is 11.8 Å². The monoisotopic (exact) mass is 253 g/mol. The summed E-state index contributed by atoms with van der Waals surface area (Å²) in [5, 5.41) is 9.04. The van der Waals surface area contributed by atoms with Crippen LogP contribution in [0.3, 0.4) is 0 Å². The molecule has 1 aliphatic heterocycles. The van der Waals surface area contributed by atoms with Crippen molar-refractivity contribution in [3.8, 4) is 0 Å². The van der Waals surface area contributed by atoms with Gasteiger partial charge in [0, 0.05) is 19.5 Å². The molecule has 0 spiro atoms. The largest absolute Gasteiger partial charge is 0.481 e. The van der Waals surface area contributed by atoms with Gasteiger partial charge in [-0.2, -0.15) is 0 Å². The lowest BCUT2D eigenvalue weighted by atomic mass is 9.82. The molecular formula is C14H23NO3. The fourth-order valence-electron chi connectivity index (χ4n) is 3.12. The van der Waals surface area contributed by atoms with Crippen molar-refractivity contribution in [3.63, 3.8) is 0 Å². The van der Waals surface area contributed by atoms with E-state index in [1.807, 2.05) is 0 Å². The second kappa shape index (κ2) is 5.72. The average Bonchev–Trinajstić information content (AvgIpc) is 2.34. The summed E-state index contributed by atoms with van der Waals surface area (Å²) >= 11 is 0. The number of amides is 1. The fraction of sp³-hybridized carbons (Fsp3) is 0.857. The van der Waals surface area contributed by atoms with Gasteiger partial charge in [0.05, 0.1) is 5.92 Å². The lowest BCUT2D eigenvalue weighted by molar-refractivity contribution is -0.147. The summed E-state index contributed by atoms with van der Waals surface area (Å²) in [6.45, 7) is 3.47. The molecule has 2 fully saturated rings. The highest BCUT2D eigenvalue weighted by Gasteiger charge is 2.31. The van der Waals surface area contributed by atoms with E-state index in [4.69, 9.17) is 5.11 Å². The lowest BCUT2D eigenvalue weighted by Crippen LogP contribution is -2.45. The molecule has 1 unspecified atom stereocenters. The number of aliphatic carboxylic acids is 1. The minimum Gasteiger partial charge on any atom is -0.481 e. The zero-order valence-corrected chi connectivity index (χ0v) is 11.1. The topological polar surface area (TPSA) is 57.6 Å². The molecule has 0 aromatic carbocycles. The van der Waals surface area contributed by atoms with E-state index >= 15 is 0 Å². The molecule has 4 heteroatoms. The predicted octanol–water partition coefficient (Wildman–Crippen LogP) is 2.14. The summed E-state index contributed by atoms with van der Waals surface area (Å²) in [5.74, 6) is 0.420. The van der Waals surface area contributed by atoms with Crippen LogP contribution >= 0.6 is 0 Å². The number of carbonyl (C=O) groups is 2. The number of piperidine rings is 1. The number of carboxylic acid groups (broad SMARTS) is 1. The Morgan fingerprint density at radius 1 is 1.28 bits per heavy atom. The third-order valence-electron chi connectivity index (χ3n) is 4.46. The first-order valence-corrected chi connectivity index (χ1v) is 7.07. The number of rotatable bonds is 3. The Balaban J connectivity index is 1.86. The maximum absolute atomic E-state index is 11.8. The SMILES string of the molecule is CC1CCC(CN2CC(C(=O)O)CCC2=O)CC1. The minimum absolute atomic E-state index is 0.145. The van der Waals surface area contributed by atoms with E-state index in [1.165, 1.54) is 25.7 Å². The van der Waals surface area contributed by atoms with Gasteiger partial charge >= 0.3 is 5.97 Å². The van der Waals surface area contributed by atoms with Crippen LogP contribution in [0.1, 0.15) is 45.4 Å². The van der Waals surface area contributed by atoms with Gasteiger partial charge in [-0.3, -0.25) is 9.59 Å². The van der Waals surface area contributed by atoms with Gasteiger partial charge in [0.25, 0.3) is 0 Å². The van der Waals surface area contributed by atoms with Crippen LogP contribution in [0.2, 0.25) is 0 Å². The van der Waals surface area contributed by atoms with E-state index in [1.54, 1.807) is 4.90 Å². The van der Waals surface area contributed by atoms with Crippen LogP contribution in [0.25, 0.3) is 0 Å². The van der Waals surface area contributed by atoms with Gasteiger partial charge in [-0.25, -0.2) is 0 Å². The molecular weight excluding hydrogens is 230 g/mol. The first-order valence-electron chi connectivity index (χ1n) is 7.07. The standard InChI is InChI=1S/C14H23NO3/c1-10-2-4-11(5-3-10)8-15-9-12(14(17)18)6-7-13(15)16/h10-12H,2-9H2,1H3,(H,17,18). The summed E-state index contributed by atoms with van der Waals surface area (Å²) in [4.78, 5) is 24.6.